The van der Waals surface area contributed by atoms with Crippen molar-refractivity contribution in [2.45, 2.75) is 29.8 Å². The van der Waals surface area contributed by atoms with Crippen molar-refractivity contribution < 1.29 is 0 Å². The normalized spacial score (nSPS) is 11.0. The first kappa shape index (κ1) is 11.6. The van der Waals surface area contributed by atoms with Crippen molar-refractivity contribution in [3.05, 3.63) is 22.3 Å². The highest BCUT2D eigenvalue weighted by atomic mass is 32.2. The van der Waals surface area contributed by atoms with Gasteiger partial charge >= 0.3 is 0 Å². The van der Waals surface area contributed by atoms with Crippen LogP contribution in [0.3, 0.4) is 0 Å². The van der Waals surface area contributed by atoms with Gasteiger partial charge in [0.1, 0.15) is 5.03 Å². The maximum absolute atomic E-state index is 5.74. The first-order valence-electron chi connectivity index (χ1n) is 4.94. The molecule has 0 aliphatic rings. The zero-order chi connectivity index (χ0) is 11.7. The summed E-state index contributed by atoms with van der Waals surface area (Å²) in [5.74, 6) is 0. The van der Waals surface area contributed by atoms with Gasteiger partial charge in [-0.05, 0) is 25.6 Å². The second-order valence-electron chi connectivity index (χ2n) is 3.55. The summed E-state index contributed by atoms with van der Waals surface area (Å²) in [6, 6.07) is 0. The Bertz CT molecular complexity index is 501. The molecule has 2 heterocycles. The molecule has 0 amide bonds. The lowest BCUT2D eigenvalue weighted by Crippen LogP contribution is -1.99. The van der Waals surface area contributed by atoms with Gasteiger partial charge in [-0.3, -0.25) is 4.68 Å². The molecule has 0 aromatic carbocycles. The highest BCUT2D eigenvalue weighted by Crippen LogP contribution is 2.33. The van der Waals surface area contributed by atoms with E-state index in [1.54, 1.807) is 23.1 Å². The summed E-state index contributed by atoms with van der Waals surface area (Å²) in [5.41, 5.74) is 8.91. The van der Waals surface area contributed by atoms with Crippen LogP contribution in [-0.2, 0) is 13.6 Å². The largest absolute Gasteiger partial charge is 0.326 e. The fourth-order valence-corrected chi connectivity index (χ4v) is 3.48. The van der Waals surface area contributed by atoms with Crippen LogP contribution in [0.5, 0.6) is 0 Å². The Morgan fingerprint density at radius 1 is 1.50 bits per heavy atom. The molecule has 0 aliphatic heterocycles. The first-order valence-corrected chi connectivity index (χ1v) is 6.64. The van der Waals surface area contributed by atoms with Gasteiger partial charge in [-0.25, -0.2) is 4.98 Å². The quantitative estimate of drug-likeness (QED) is 0.911. The van der Waals surface area contributed by atoms with Gasteiger partial charge in [-0.1, -0.05) is 0 Å². The number of aromatic nitrogens is 3. The Kier molecular flexibility index (Phi) is 3.32. The molecule has 0 aliphatic carbocycles. The van der Waals surface area contributed by atoms with E-state index in [1.807, 2.05) is 31.0 Å². The minimum Gasteiger partial charge on any atom is -0.326 e. The van der Waals surface area contributed by atoms with Crippen LogP contribution >= 0.6 is 23.1 Å². The molecule has 0 unspecified atom stereocenters. The number of rotatable bonds is 3. The van der Waals surface area contributed by atoms with Gasteiger partial charge in [0.15, 0.2) is 4.34 Å². The van der Waals surface area contributed by atoms with Crippen LogP contribution in [0.1, 0.15) is 17.0 Å². The minimum absolute atomic E-state index is 0.520. The Hall–Kier alpha value is -0.850. The molecule has 0 fully saturated rings. The van der Waals surface area contributed by atoms with Gasteiger partial charge in [0.2, 0.25) is 0 Å². The Morgan fingerprint density at radius 3 is 2.81 bits per heavy atom. The summed E-state index contributed by atoms with van der Waals surface area (Å²) in [6.45, 7) is 4.50. The monoisotopic (exact) mass is 254 g/mol. The maximum Gasteiger partial charge on any atom is 0.156 e. The average Bonchev–Trinajstić information content (AvgIpc) is 2.73. The molecule has 2 aromatic heterocycles. The number of nitrogens with two attached hydrogens (primary N) is 1. The van der Waals surface area contributed by atoms with Crippen molar-refractivity contribution >= 4 is 23.1 Å². The molecule has 0 saturated heterocycles. The van der Waals surface area contributed by atoms with Crippen molar-refractivity contribution in [3.8, 4) is 0 Å². The van der Waals surface area contributed by atoms with Crippen LogP contribution in [0.25, 0.3) is 0 Å². The van der Waals surface area contributed by atoms with E-state index in [0.29, 0.717) is 6.54 Å². The molecule has 0 atom stereocenters. The number of nitrogens with zero attached hydrogens (tertiary/aromatic N) is 3. The van der Waals surface area contributed by atoms with E-state index in [1.165, 1.54) is 0 Å². The van der Waals surface area contributed by atoms with Crippen LogP contribution in [0.15, 0.2) is 14.7 Å². The standard InChI is InChI=1S/C10H14N4S2/c1-6-5-15-10(12-6)16-9-8(4-11)7(2)13-14(9)3/h5H,4,11H2,1-3H3. The zero-order valence-electron chi connectivity index (χ0n) is 9.52. The van der Waals surface area contributed by atoms with Gasteiger partial charge in [0.25, 0.3) is 0 Å². The van der Waals surface area contributed by atoms with Crippen LogP contribution < -0.4 is 5.73 Å². The molecule has 2 aromatic rings. The van der Waals surface area contributed by atoms with Crippen molar-refractivity contribution in [3.63, 3.8) is 0 Å². The smallest absolute Gasteiger partial charge is 0.156 e. The van der Waals surface area contributed by atoms with Crippen molar-refractivity contribution in [1.82, 2.24) is 14.8 Å². The van der Waals surface area contributed by atoms with Gasteiger partial charge < -0.3 is 5.73 Å². The van der Waals surface area contributed by atoms with E-state index in [0.717, 1.165) is 26.3 Å². The maximum atomic E-state index is 5.74. The topological polar surface area (TPSA) is 56.7 Å². The van der Waals surface area contributed by atoms with Gasteiger partial charge in [-0.15, -0.1) is 11.3 Å². The molecule has 2 N–H and O–H groups in total. The number of hydrogen-bond acceptors (Lipinski definition) is 5. The highest BCUT2D eigenvalue weighted by Gasteiger charge is 2.14. The Balaban J connectivity index is 2.33. The SMILES string of the molecule is Cc1csc(Sc2c(CN)c(C)nn2C)n1. The molecule has 0 spiro atoms. The fourth-order valence-electron chi connectivity index (χ4n) is 1.51. The third-order valence-corrected chi connectivity index (χ3v) is 4.54. The number of thiazole rings is 1. The summed E-state index contributed by atoms with van der Waals surface area (Å²) in [4.78, 5) is 4.43. The third kappa shape index (κ3) is 2.14. The van der Waals surface area contributed by atoms with E-state index in [-0.39, 0.29) is 0 Å². The number of aryl methyl sites for hydroxylation is 3. The Morgan fingerprint density at radius 2 is 2.25 bits per heavy atom. The molecule has 6 heteroatoms. The lowest BCUT2D eigenvalue weighted by Gasteiger charge is -2.01. The molecule has 0 saturated carbocycles. The molecule has 4 nitrogen and oxygen atoms in total. The van der Waals surface area contributed by atoms with E-state index in [2.05, 4.69) is 10.1 Å². The lowest BCUT2D eigenvalue weighted by molar-refractivity contribution is 0.688. The molecular formula is C10H14N4S2. The molecule has 0 radical (unpaired) electrons. The second-order valence-corrected chi connectivity index (χ2v) is 5.65. The van der Waals surface area contributed by atoms with E-state index < -0.39 is 0 Å². The molecule has 16 heavy (non-hydrogen) atoms. The molecule has 0 bridgehead atoms. The fraction of sp³-hybridized carbons (Fsp3) is 0.400. The third-order valence-electron chi connectivity index (χ3n) is 2.27. The van der Waals surface area contributed by atoms with Crippen molar-refractivity contribution in [2.24, 2.45) is 12.8 Å². The summed E-state index contributed by atoms with van der Waals surface area (Å²) in [6.07, 6.45) is 0. The molecular weight excluding hydrogens is 240 g/mol. The lowest BCUT2D eigenvalue weighted by atomic mass is 10.3. The van der Waals surface area contributed by atoms with E-state index in [4.69, 9.17) is 5.73 Å². The summed E-state index contributed by atoms with van der Waals surface area (Å²) in [7, 11) is 1.94. The van der Waals surface area contributed by atoms with Crippen LogP contribution in [0.4, 0.5) is 0 Å². The van der Waals surface area contributed by atoms with Crippen molar-refractivity contribution in [1.29, 1.82) is 0 Å². The van der Waals surface area contributed by atoms with Crippen LogP contribution in [0.2, 0.25) is 0 Å². The van der Waals surface area contributed by atoms with Gasteiger partial charge in [-0.2, -0.15) is 5.10 Å². The first-order chi connectivity index (χ1) is 7.61. The predicted octanol–water partition coefficient (Wildman–Crippen LogP) is 2.10. The summed E-state index contributed by atoms with van der Waals surface area (Å²) in [5, 5.41) is 7.52. The second kappa shape index (κ2) is 4.57. The minimum atomic E-state index is 0.520. The van der Waals surface area contributed by atoms with E-state index in [9.17, 15) is 0 Å². The van der Waals surface area contributed by atoms with Gasteiger partial charge in [0, 0.05) is 30.2 Å². The zero-order valence-corrected chi connectivity index (χ0v) is 11.2. The van der Waals surface area contributed by atoms with Gasteiger partial charge in [0.05, 0.1) is 5.69 Å². The molecule has 86 valence electrons. The summed E-state index contributed by atoms with van der Waals surface area (Å²) >= 11 is 3.29. The molecule has 2 rings (SSSR count). The summed E-state index contributed by atoms with van der Waals surface area (Å²) < 4.78 is 2.91. The number of hydrogen-bond donors (Lipinski definition) is 1. The van der Waals surface area contributed by atoms with Crippen LogP contribution in [0, 0.1) is 13.8 Å². The Labute approximate surface area is 103 Å². The predicted molar refractivity (Wildman–Crippen MR) is 66.8 cm³/mol. The van der Waals surface area contributed by atoms with Crippen molar-refractivity contribution in [2.75, 3.05) is 0 Å². The van der Waals surface area contributed by atoms with E-state index >= 15 is 0 Å². The average molecular weight is 254 g/mol. The highest BCUT2D eigenvalue weighted by molar-refractivity contribution is 8.01. The van der Waals surface area contributed by atoms with Crippen LogP contribution in [-0.4, -0.2) is 14.8 Å².